The summed E-state index contributed by atoms with van der Waals surface area (Å²) in [6.07, 6.45) is 1.38. The van der Waals surface area contributed by atoms with Gasteiger partial charge in [0.1, 0.15) is 0 Å². The Hall–Kier alpha value is -1.59. The molecule has 0 atom stereocenters. The monoisotopic (exact) mass is 164 g/mol. The lowest BCUT2D eigenvalue weighted by molar-refractivity contribution is 0.704. The van der Waals surface area contributed by atoms with E-state index in [0.717, 1.165) is 5.82 Å². The second kappa shape index (κ2) is 2.47. The summed E-state index contributed by atoms with van der Waals surface area (Å²) in [7, 11) is 0. The molecule has 2 heterocycles. The average Bonchev–Trinajstić information content (AvgIpc) is 2.47. The first kappa shape index (κ1) is 7.08. The zero-order valence-corrected chi connectivity index (χ0v) is 6.84. The van der Waals surface area contributed by atoms with Crippen molar-refractivity contribution < 1.29 is 0 Å². The van der Waals surface area contributed by atoms with Crippen LogP contribution >= 0.6 is 0 Å². The Balaban J connectivity index is 2.70. The highest BCUT2D eigenvalue weighted by Gasteiger charge is 2.09. The minimum absolute atomic E-state index is 0.289. The lowest BCUT2D eigenvalue weighted by atomic mass is 10.2. The number of fused-ring (bicyclic) bond motifs is 1. The van der Waals surface area contributed by atoms with Gasteiger partial charge in [0.2, 0.25) is 0 Å². The van der Waals surface area contributed by atoms with Gasteiger partial charge in [-0.05, 0) is 0 Å². The van der Waals surface area contributed by atoms with Gasteiger partial charge in [0.25, 0.3) is 5.78 Å². The van der Waals surface area contributed by atoms with Crippen molar-refractivity contribution in [2.45, 2.75) is 19.8 Å². The van der Waals surface area contributed by atoms with Gasteiger partial charge in [0.05, 0.1) is 0 Å². The van der Waals surface area contributed by atoms with E-state index in [1.807, 2.05) is 13.8 Å². The lowest BCUT2D eigenvalue weighted by Crippen LogP contribution is -2.02. The van der Waals surface area contributed by atoms with Gasteiger partial charge in [-0.2, -0.15) is 4.52 Å². The van der Waals surface area contributed by atoms with E-state index >= 15 is 0 Å². The van der Waals surface area contributed by atoms with E-state index in [-0.39, 0.29) is 5.92 Å². The fourth-order valence-corrected chi connectivity index (χ4v) is 0.969. The molecule has 0 spiro atoms. The lowest BCUT2D eigenvalue weighted by Gasteiger charge is -1.98. The molecule has 0 aliphatic carbocycles. The highest BCUT2D eigenvalue weighted by atomic mass is 15.4. The van der Waals surface area contributed by atoms with Crippen molar-refractivity contribution in [2.75, 3.05) is 0 Å². The van der Waals surface area contributed by atoms with E-state index in [4.69, 9.17) is 0 Å². The molecule has 2 rings (SSSR count). The van der Waals surface area contributed by atoms with Gasteiger partial charge in [0, 0.05) is 5.92 Å². The van der Waals surface area contributed by atoms with Gasteiger partial charge in [-0.3, -0.25) is 0 Å². The van der Waals surface area contributed by atoms with Gasteiger partial charge < -0.3 is 0 Å². The molecule has 0 N–H and O–H groups in total. The molecule has 2 aromatic rings. The third-order valence-corrected chi connectivity index (χ3v) is 1.53. The molecule has 0 radical (unpaired) electrons. The molecule has 6 nitrogen and oxygen atoms in total. The predicted molar refractivity (Wildman–Crippen MR) is 40.5 cm³/mol. The van der Waals surface area contributed by atoms with Gasteiger partial charge in [-0.15, -0.1) is 25.5 Å². The quantitative estimate of drug-likeness (QED) is 0.595. The Morgan fingerprint density at radius 3 is 2.83 bits per heavy atom. The van der Waals surface area contributed by atoms with Crippen molar-refractivity contribution in [3.63, 3.8) is 0 Å². The second-order valence-corrected chi connectivity index (χ2v) is 2.77. The number of hydrogen-bond donors (Lipinski definition) is 0. The van der Waals surface area contributed by atoms with Crippen LogP contribution in [0, 0.1) is 0 Å². The predicted octanol–water partition coefficient (Wildman–Crippen LogP) is 0.0377. The summed E-state index contributed by atoms with van der Waals surface area (Å²) in [5.41, 5.74) is 0. The van der Waals surface area contributed by atoms with Crippen molar-refractivity contribution in [1.29, 1.82) is 0 Å². The molecule has 0 saturated carbocycles. The van der Waals surface area contributed by atoms with E-state index in [1.165, 1.54) is 6.33 Å². The summed E-state index contributed by atoms with van der Waals surface area (Å²) >= 11 is 0. The minimum Gasteiger partial charge on any atom is -0.178 e. The molecule has 6 heteroatoms. The van der Waals surface area contributed by atoms with Gasteiger partial charge in [-0.1, -0.05) is 13.8 Å². The molecule has 12 heavy (non-hydrogen) atoms. The topological polar surface area (TPSA) is 68.9 Å². The Labute approximate surface area is 68.6 Å². The third-order valence-electron chi connectivity index (χ3n) is 1.53. The molecule has 62 valence electrons. The van der Waals surface area contributed by atoms with Crippen LogP contribution in [0.5, 0.6) is 0 Å². The Kier molecular flexibility index (Phi) is 1.46. The van der Waals surface area contributed by atoms with E-state index in [0.29, 0.717) is 5.78 Å². The standard InChI is InChI=1S/C6H8N6/c1-4(2)5-9-11-6-10-7-3-8-12(5)6/h3-4H,1-2H3. The van der Waals surface area contributed by atoms with Crippen LogP contribution in [-0.2, 0) is 0 Å². The van der Waals surface area contributed by atoms with Crippen LogP contribution in [0.2, 0.25) is 0 Å². The molecule has 0 unspecified atom stereocenters. The third kappa shape index (κ3) is 0.919. The van der Waals surface area contributed by atoms with E-state index < -0.39 is 0 Å². The summed E-state index contributed by atoms with van der Waals surface area (Å²) in [6.45, 7) is 4.05. The van der Waals surface area contributed by atoms with Crippen LogP contribution in [0.1, 0.15) is 25.6 Å². The summed E-state index contributed by atoms with van der Waals surface area (Å²) in [4.78, 5) is 0. The molecule has 0 aliphatic rings. The van der Waals surface area contributed by atoms with Crippen LogP contribution in [0.3, 0.4) is 0 Å². The molecule has 0 fully saturated rings. The van der Waals surface area contributed by atoms with Crippen molar-refractivity contribution in [3.05, 3.63) is 12.2 Å². The highest BCUT2D eigenvalue weighted by molar-refractivity contribution is 5.22. The van der Waals surface area contributed by atoms with Crippen molar-refractivity contribution in [2.24, 2.45) is 0 Å². The zero-order chi connectivity index (χ0) is 8.55. The van der Waals surface area contributed by atoms with Crippen LogP contribution in [0.4, 0.5) is 0 Å². The number of nitrogens with zero attached hydrogens (tertiary/aromatic N) is 6. The highest BCUT2D eigenvalue weighted by Crippen LogP contribution is 2.09. The fraction of sp³-hybridized carbons (Fsp3) is 0.500. The van der Waals surface area contributed by atoms with Crippen LogP contribution in [0.15, 0.2) is 6.33 Å². The molecule has 0 saturated heterocycles. The summed E-state index contributed by atoms with van der Waals surface area (Å²) in [5, 5.41) is 19.1. The maximum atomic E-state index is 3.98. The molecule has 0 aliphatic heterocycles. The maximum absolute atomic E-state index is 3.98. The Morgan fingerprint density at radius 2 is 2.08 bits per heavy atom. The molecule has 2 aromatic heterocycles. The largest absolute Gasteiger partial charge is 0.290 e. The van der Waals surface area contributed by atoms with Gasteiger partial charge in [-0.25, -0.2) is 0 Å². The summed E-state index contributed by atoms with van der Waals surface area (Å²) in [6, 6.07) is 0. The van der Waals surface area contributed by atoms with Crippen LogP contribution in [0.25, 0.3) is 5.78 Å². The van der Waals surface area contributed by atoms with Crippen molar-refractivity contribution >= 4 is 5.78 Å². The molecule has 0 bridgehead atoms. The zero-order valence-electron chi connectivity index (χ0n) is 6.84. The smallest absolute Gasteiger partial charge is 0.178 e. The van der Waals surface area contributed by atoms with E-state index in [2.05, 4.69) is 25.5 Å². The molecule has 0 amide bonds. The molecular weight excluding hydrogens is 156 g/mol. The Bertz CT molecular complexity index is 392. The minimum atomic E-state index is 0.289. The van der Waals surface area contributed by atoms with Gasteiger partial charge >= 0.3 is 0 Å². The van der Waals surface area contributed by atoms with E-state index in [9.17, 15) is 0 Å². The number of rotatable bonds is 1. The molecule has 0 aromatic carbocycles. The Morgan fingerprint density at radius 1 is 1.25 bits per heavy atom. The fourth-order valence-electron chi connectivity index (χ4n) is 0.969. The summed E-state index contributed by atoms with van der Waals surface area (Å²) in [5.74, 6) is 1.54. The first-order chi connectivity index (χ1) is 5.79. The van der Waals surface area contributed by atoms with Crippen molar-refractivity contribution in [1.82, 2.24) is 30.0 Å². The van der Waals surface area contributed by atoms with Gasteiger partial charge in [0.15, 0.2) is 12.2 Å². The SMILES string of the molecule is CC(C)c1nnc2nncnn12. The van der Waals surface area contributed by atoms with Crippen molar-refractivity contribution in [3.8, 4) is 0 Å². The van der Waals surface area contributed by atoms with Crippen LogP contribution in [-0.4, -0.2) is 30.0 Å². The number of hydrogen-bond acceptors (Lipinski definition) is 5. The summed E-state index contributed by atoms with van der Waals surface area (Å²) < 4.78 is 1.59. The molecular formula is C6H8N6. The first-order valence-corrected chi connectivity index (χ1v) is 3.68. The van der Waals surface area contributed by atoms with E-state index in [1.54, 1.807) is 4.52 Å². The average molecular weight is 164 g/mol. The number of aromatic nitrogens is 6. The normalized spacial score (nSPS) is 11.2. The maximum Gasteiger partial charge on any atom is 0.290 e. The second-order valence-electron chi connectivity index (χ2n) is 2.77. The van der Waals surface area contributed by atoms with Crippen LogP contribution < -0.4 is 0 Å². The first-order valence-electron chi connectivity index (χ1n) is 3.68.